The fraction of sp³-hybridized carbons (Fsp3) is 0.308. The van der Waals surface area contributed by atoms with E-state index >= 15 is 0 Å². The molecule has 1 nitrogen and oxygen atoms in total. The van der Waals surface area contributed by atoms with Gasteiger partial charge in [0.05, 0.1) is 0 Å². The number of allylic oxidation sites excluding steroid dienone is 1. The van der Waals surface area contributed by atoms with E-state index in [4.69, 9.17) is 0 Å². The number of hydrogen-bond donors (Lipinski definition) is 0. The van der Waals surface area contributed by atoms with Crippen molar-refractivity contribution in [1.29, 1.82) is 0 Å². The maximum Gasteiger partial charge on any atom is 0.185 e. The monoisotopic (exact) mass is 220 g/mol. The molecule has 1 aromatic carbocycles. The van der Waals surface area contributed by atoms with Crippen LogP contribution in [0.3, 0.4) is 0 Å². The van der Waals surface area contributed by atoms with Gasteiger partial charge in [0.2, 0.25) is 0 Å². The predicted octanol–water partition coefficient (Wildman–Crippen LogP) is 3.68. The van der Waals surface area contributed by atoms with E-state index in [1.807, 2.05) is 0 Å². The zero-order valence-corrected chi connectivity index (χ0v) is 10.0. The molecule has 0 saturated carbocycles. The van der Waals surface area contributed by atoms with Gasteiger partial charge in [0.25, 0.3) is 0 Å². The smallest absolute Gasteiger partial charge is 0.185 e. The highest BCUT2D eigenvalue weighted by Gasteiger charge is 1.91. The Hall–Kier alpha value is -1.02. The normalized spacial score (nSPS) is 10.8. The van der Waals surface area contributed by atoms with Crippen molar-refractivity contribution in [3.05, 3.63) is 41.5 Å². The van der Waals surface area contributed by atoms with Crippen molar-refractivity contribution in [3.8, 4) is 0 Å². The van der Waals surface area contributed by atoms with E-state index in [0.717, 1.165) is 12.2 Å². The van der Waals surface area contributed by atoms with Gasteiger partial charge >= 0.3 is 0 Å². The van der Waals surface area contributed by atoms with Crippen LogP contribution < -0.4 is 0 Å². The van der Waals surface area contributed by atoms with Gasteiger partial charge in [-0.1, -0.05) is 53.7 Å². The third kappa shape index (κ3) is 5.43. The molecule has 0 radical (unpaired) electrons. The molecule has 0 unspecified atom stereocenters. The van der Waals surface area contributed by atoms with Gasteiger partial charge in [-0.2, -0.15) is 0 Å². The Bertz CT molecular complexity index is 355. The predicted molar refractivity (Wildman–Crippen MR) is 68.0 cm³/mol. The lowest BCUT2D eigenvalue weighted by Crippen LogP contribution is -1.83. The molecule has 0 bridgehead atoms. The van der Waals surface area contributed by atoms with Crippen molar-refractivity contribution in [1.82, 2.24) is 0 Å². The molecule has 80 valence electrons. The van der Waals surface area contributed by atoms with Crippen molar-refractivity contribution in [2.45, 2.75) is 20.3 Å². The molecular formula is C13H16OS. The van der Waals surface area contributed by atoms with Gasteiger partial charge in [-0.25, -0.2) is 0 Å². The molecule has 0 fully saturated rings. The van der Waals surface area contributed by atoms with Crippen LogP contribution in [-0.4, -0.2) is 10.9 Å². The molecule has 2 heteroatoms. The van der Waals surface area contributed by atoms with E-state index in [1.54, 1.807) is 6.92 Å². The van der Waals surface area contributed by atoms with Crippen LogP contribution in [-0.2, 0) is 4.79 Å². The minimum absolute atomic E-state index is 0.193. The quantitative estimate of drug-likeness (QED) is 0.720. The number of carbonyl (C=O) groups excluding carboxylic acids is 1. The Balaban J connectivity index is 2.35. The summed E-state index contributed by atoms with van der Waals surface area (Å²) < 4.78 is 0. The molecule has 0 aromatic heterocycles. The zero-order valence-electron chi connectivity index (χ0n) is 9.19. The summed E-state index contributed by atoms with van der Waals surface area (Å²) in [6, 6.07) is 8.37. The van der Waals surface area contributed by atoms with Crippen LogP contribution in [0.5, 0.6) is 0 Å². The third-order valence-electron chi connectivity index (χ3n) is 1.94. The van der Waals surface area contributed by atoms with Crippen LogP contribution in [0.1, 0.15) is 24.5 Å². The van der Waals surface area contributed by atoms with Gasteiger partial charge in [-0.05, 0) is 18.9 Å². The molecule has 1 aromatic rings. The van der Waals surface area contributed by atoms with E-state index in [1.165, 1.54) is 22.9 Å². The van der Waals surface area contributed by atoms with E-state index in [9.17, 15) is 4.79 Å². The van der Waals surface area contributed by atoms with E-state index in [2.05, 4.69) is 43.3 Å². The van der Waals surface area contributed by atoms with Crippen molar-refractivity contribution >= 4 is 23.0 Å². The summed E-state index contributed by atoms with van der Waals surface area (Å²) in [6.45, 7) is 3.69. The molecule has 0 amide bonds. The first kappa shape index (κ1) is 12.1. The molecule has 0 atom stereocenters. The number of aryl methyl sites for hydroxylation is 1. The van der Waals surface area contributed by atoms with Gasteiger partial charge in [0.1, 0.15) is 0 Å². The van der Waals surface area contributed by atoms with Gasteiger partial charge in [-0.15, -0.1) is 0 Å². The SMILES string of the molecule is CC(=O)SCCC=Cc1cccc(C)c1. The van der Waals surface area contributed by atoms with Crippen LogP contribution >= 0.6 is 11.8 Å². The Morgan fingerprint density at radius 1 is 1.47 bits per heavy atom. The highest BCUT2D eigenvalue weighted by molar-refractivity contribution is 8.13. The third-order valence-corrected chi connectivity index (χ3v) is 2.79. The largest absolute Gasteiger partial charge is 0.288 e. The summed E-state index contributed by atoms with van der Waals surface area (Å²) in [5.74, 6) is 0.873. The standard InChI is InChI=1S/C13H16OS/c1-11-6-5-8-13(10-11)7-3-4-9-15-12(2)14/h3,5-8,10H,4,9H2,1-2H3. The first-order valence-corrected chi connectivity index (χ1v) is 6.03. The number of hydrogen-bond acceptors (Lipinski definition) is 2. The number of carbonyl (C=O) groups is 1. The lowest BCUT2D eigenvalue weighted by Gasteiger charge is -1.95. The summed E-state index contributed by atoms with van der Waals surface area (Å²) in [5, 5.41) is 0.193. The number of rotatable bonds is 4. The number of benzene rings is 1. The van der Waals surface area contributed by atoms with E-state index in [0.29, 0.717) is 0 Å². The Morgan fingerprint density at radius 3 is 2.93 bits per heavy atom. The molecule has 0 aliphatic carbocycles. The average molecular weight is 220 g/mol. The van der Waals surface area contributed by atoms with Crippen molar-refractivity contribution < 1.29 is 4.79 Å². The molecule has 15 heavy (non-hydrogen) atoms. The van der Waals surface area contributed by atoms with Crippen molar-refractivity contribution in [2.75, 3.05) is 5.75 Å². The molecule has 0 heterocycles. The molecule has 0 spiro atoms. The molecule has 0 N–H and O–H groups in total. The summed E-state index contributed by atoms with van der Waals surface area (Å²) in [6.07, 6.45) is 5.16. The fourth-order valence-electron chi connectivity index (χ4n) is 1.26. The van der Waals surface area contributed by atoms with E-state index < -0.39 is 0 Å². The lowest BCUT2D eigenvalue weighted by molar-refractivity contribution is -0.109. The second-order valence-corrected chi connectivity index (χ2v) is 4.72. The minimum atomic E-state index is 0.193. The van der Waals surface area contributed by atoms with Gasteiger partial charge in [-0.3, -0.25) is 4.79 Å². The topological polar surface area (TPSA) is 17.1 Å². The van der Waals surface area contributed by atoms with Gasteiger partial charge < -0.3 is 0 Å². The maximum atomic E-state index is 10.7. The number of thioether (sulfide) groups is 1. The first-order chi connectivity index (χ1) is 7.18. The summed E-state index contributed by atoms with van der Waals surface area (Å²) in [4.78, 5) is 10.7. The van der Waals surface area contributed by atoms with Crippen LogP contribution in [0, 0.1) is 6.92 Å². The molecule has 1 rings (SSSR count). The van der Waals surface area contributed by atoms with Crippen LogP contribution in [0.4, 0.5) is 0 Å². The average Bonchev–Trinajstić information content (AvgIpc) is 2.17. The molecular weight excluding hydrogens is 204 g/mol. The minimum Gasteiger partial charge on any atom is -0.288 e. The molecule has 0 saturated heterocycles. The van der Waals surface area contributed by atoms with E-state index in [-0.39, 0.29) is 5.12 Å². The van der Waals surface area contributed by atoms with Crippen LogP contribution in [0.2, 0.25) is 0 Å². The molecule has 0 aliphatic heterocycles. The van der Waals surface area contributed by atoms with Gasteiger partial charge in [0.15, 0.2) is 5.12 Å². The fourth-order valence-corrected chi connectivity index (χ4v) is 1.81. The van der Waals surface area contributed by atoms with Crippen molar-refractivity contribution in [3.63, 3.8) is 0 Å². The Morgan fingerprint density at radius 2 is 2.27 bits per heavy atom. The summed E-state index contributed by atoms with van der Waals surface area (Å²) in [7, 11) is 0. The summed E-state index contributed by atoms with van der Waals surface area (Å²) >= 11 is 1.38. The van der Waals surface area contributed by atoms with Gasteiger partial charge in [0, 0.05) is 12.7 Å². The second kappa shape index (κ2) is 6.46. The van der Waals surface area contributed by atoms with Crippen LogP contribution in [0.25, 0.3) is 6.08 Å². The van der Waals surface area contributed by atoms with Crippen LogP contribution in [0.15, 0.2) is 30.3 Å². The lowest BCUT2D eigenvalue weighted by atomic mass is 10.1. The zero-order chi connectivity index (χ0) is 11.1. The maximum absolute atomic E-state index is 10.7. The molecule has 0 aliphatic rings. The first-order valence-electron chi connectivity index (χ1n) is 5.05. The highest BCUT2D eigenvalue weighted by Crippen LogP contribution is 2.08. The Labute approximate surface area is 95.6 Å². The summed E-state index contributed by atoms with van der Waals surface area (Å²) in [5.41, 5.74) is 2.50. The second-order valence-electron chi connectivity index (χ2n) is 3.45. The highest BCUT2D eigenvalue weighted by atomic mass is 32.2. The van der Waals surface area contributed by atoms with Crippen molar-refractivity contribution in [2.24, 2.45) is 0 Å². The Kier molecular flexibility index (Phi) is 5.19.